The average Bonchev–Trinajstić information content (AvgIpc) is 2.61. The van der Waals surface area contributed by atoms with Crippen LogP contribution in [0, 0.1) is 5.82 Å². The molecule has 1 aliphatic rings. The molecule has 2 aromatic carbocycles. The van der Waals surface area contributed by atoms with Crippen LogP contribution in [-0.2, 0) is 11.3 Å². The first-order valence-corrected chi connectivity index (χ1v) is 8.13. The quantitative estimate of drug-likeness (QED) is 0.846. The molecule has 0 saturated carbocycles. The summed E-state index contributed by atoms with van der Waals surface area (Å²) in [5.41, 5.74) is 0.960. The maximum atomic E-state index is 13.2. The van der Waals surface area contributed by atoms with Gasteiger partial charge in [-0.05, 0) is 29.8 Å². The van der Waals surface area contributed by atoms with Crippen LogP contribution < -0.4 is 4.74 Å². The second-order valence-corrected chi connectivity index (χ2v) is 5.89. The minimum atomic E-state index is -0.209. The van der Waals surface area contributed by atoms with E-state index in [2.05, 4.69) is 4.90 Å². The molecule has 1 aliphatic heterocycles. The average molecular weight is 328 g/mol. The summed E-state index contributed by atoms with van der Waals surface area (Å²) in [6, 6.07) is 16.0. The highest BCUT2D eigenvalue weighted by molar-refractivity contribution is 5.77. The lowest BCUT2D eigenvalue weighted by Crippen LogP contribution is -2.49. The molecule has 1 fully saturated rings. The molecular weight excluding hydrogens is 307 g/mol. The molecule has 3 rings (SSSR count). The van der Waals surface area contributed by atoms with Gasteiger partial charge >= 0.3 is 0 Å². The van der Waals surface area contributed by atoms with E-state index in [1.165, 1.54) is 6.07 Å². The van der Waals surface area contributed by atoms with Crippen LogP contribution in [0.2, 0.25) is 0 Å². The third-order valence-corrected chi connectivity index (χ3v) is 4.13. The lowest BCUT2D eigenvalue weighted by atomic mass is 10.2. The van der Waals surface area contributed by atoms with Gasteiger partial charge in [0.2, 0.25) is 0 Å². The number of ether oxygens (including phenoxy) is 1. The van der Waals surface area contributed by atoms with Crippen molar-refractivity contribution < 1.29 is 13.9 Å². The van der Waals surface area contributed by atoms with Crippen LogP contribution >= 0.6 is 0 Å². The number of hydrogen-bond acceptors (Lipinski definition) is 3. The van der Waals surface area contributed by atoms with Crippen LogP contribution in [0.5, 0.6) is 5.75 Å². The Morgan fingerprint density at radius 3 is 2.46 bits per heavy atom. The second-order valence-electron chi connectivity index (χ2n) is 5.89. The maximum Gasteiger partial charge on any atom is 0.260 e. The number of halogens is 1. The zero-order valence-corrected chi connectivity index (χ0v) is 13.5. The summed E-state index contributed by atoms with van der Waals surface area (Å²) >= 11 is 0. The van der Waals surface area contributed by atoms with Gasteiger partial charge < -0.3 is 9.64 Å². The highest BCUT2D eigenvalue weighted by Gasteiger charge is 2.21. The zero-order valence-electron chi connectivity index (χ0n) is 13.5. The standard InChI is InChI=1S/C19H21FN2O2/c20-17-6-4-5-16(13-17)14-21-9-11-22(12-10-21)19(23)15-24-18-7-2-1-3-8-18/h1-8,13H,9-12,14-15H2. The Bertz CT molecular complexity index is 670. The monoisotopic (exact) mass is 328 g/mol. The Labute approximate surface area is 141 Å². The summed E-state index contributed by atoms with van der Waals surface area (Å²) in [5, 5.41) is 0. The summed E-state index contributed by atoms with van der Waals surface area (Å²) in [6.45, 7) is 3.69. The molecule has 0 radical (unpaired) electrons. The molecule has 0 aliphatic carbocycles. The molecule has 5 heteroatoms. The number of piperazine rings is 1. The summed E-state index contributed by atoms with van der Waals surface area (Å²) in [6.07, 6.45) is 0. The Morgan fingerprint density at radius 2 is 1.75 bits per heavy atom. The molecule has 0 spiro atoms. The minimum absolute atomic E-state index is 0.00394. The van der Waals surface area contributed by atoms with Crippen molar-refractivity contribution >= 4 is 5.91 Å². The van der Waals surface area contributed by atoms with Gasteiger partial charge in [-0.3, -0.25) is 9.69 Å². The SMILES string of the molecule is O=C(COc1ccccc1)N1CCN(Cc2cccc(F)c2)CC1. The number of carbonyl (C=O) groups excluding carboxylic acids is 1. The normalized spacial score (nSPS) is 15.3. The van der Waals surface area contributed by atoms with Crippen molar-refractivity contribution in [3.05, 3.63) is 66.0 Å². The Hall–Kier alpha value is -2.40. The molecule has 4 nitrogen and oxygen atoms in total. The number of amides is 1. The fraction of sp³-hybridized carbons (Fsp3) is 0.316. The molecule has 0 atom stereocenters. The van der Waals surface area contributed by atoms with Crippen molar-refractivity contribution in [2.75, 3.05) is 32.8 Å². The number of benzene rings is 2. The first-order valence-electron chi connectivity index (χ1n) is 8.13. The number of nitrogens with zero attached hydrogens (tertiary/aromatic N) is 2. The number of rotatable bonds is 5. The molecule has 0 bridgehead atoms. The number of hydrogen-bond donors (Lipinski definition) is 0. The lowest BCUT2D eigenvalue weighted by Gasteiger charge is -2.34. The predicted molar refractivity (Wildman–Crippen MR) is 90.2 cm³/mol. The molecule has 1 amide bonds. The first-order chi connectivity index (χ1) is 11.7. The van der Waals surface area contributed by atoms with Gasteiger partial charge in [0.15, 0.2) is 6.61 Å². The van der Waals surface area contributed by atoms with Gasteiger partial charge in [0.25, 0.3) is 5.91 Å². The van der Waals surface area contributed by atoms with Crippen LogP contribution in [0.1, 0.15) is 5.56 Å². The van der Waals surface area contributed by atoms with Crippen LogP contribution in [0.15, 0.2) is 54.6 Å². The van der Waals surface area contributed by atoms with E-state index in [-0.39, 0.29) is 18.3 Å². The zero-order chi connectivity index (χ0) is 16.8. The van der Waals surface area contributed by atoms with Gasteiger partial charge in [0.05, 0.1) is 0 Å². The molecule has 0 unspecified atom stereocenters. The molecule has 0 aromatic heterocycles. The Kier molecular flexibility index (Phi) is 5.43. The number of para-hydroxylation sites is 1. The summed E-state index contributed by atoms with van der Waals surface area (Å²) < 4.78 is 18.7. The topological polar surface area (TPSA) is 32.8 Å². The van der Waals surface area contributed by atoms with E-state index in [1.807, 2.05) is 41.3 Å². The van der Waals surface area contributed by atoms with Crippen LogP contribution in [0.3, 0.4) is 0 Å². The van der Waals surface area contributed by atoms with E-state index in [1.54, 1.807) is 12.1 Å². The predicted octanol–water partition coefficient (Wildman–Crippen LogP) is 2.55. The van der Waals surface area contributed by atoms with E-state index in [9.17, 15) is 9.18 Å². The molecule has 2 aromatic rings. The largest absolute Gasteiger partial charge is 0.484 e. The molecule has 1 heterocycles. The van der Waals surface area contributed by atoms with Crippen molar-refractivity contribution in [2.24, 2.45) is 0 Å². The minimum Gasteiger partial charge on any atom is -0.484 e. The van der Waals surface area contributed by atoms with Crippen LogP contribution in [0.4, 0.5) is 4.39 Å². The highest BCUT2D eigenvalue weighted by Crippen LogP contribution is 2.11. The van der Waals surface area contributed by atoms with Crippen molar-refractivity contribution in [1.82, 2.24) is 9.80 Å². The van der Waals surface area contributed by atoms with Gasteiger partial charge in [-0.25, -0.2) is 4.39 Å². The van der Waals surface area contributed by atoms with Crippen molar-refractivity contribution in [3.8, 4) is 5.75 Å². The van der Waals surface area contributed by atoms with E-state index < -0.39 is 0 Å². The fourth-order valence-electron chi connectivity index (χ4n) is 2.80. The molecule has 1 saturated heterocycles. The highest BCUT2D eigenvalue weighted by atomic mass is 19.1. The van der Waals surface area contributed by atoms with Gasteiger partial charge in [-0.15, -0.1) is 0 Å². The van der Waals surface area contributed by atoms with Gasteiger partial charge in [0, 0.05) is 32.7 Å². The molecule has 126 valence electrons. The van der Waals surface area contributed by atoms with Gasteiger partial charge in [-0.1, -0.05) is 30.3 Å². The Morgan fingerprint density at radius 1 is 1.00 bits per heavy atom. The van der Waals surface area contributed by atoms with Gasteiger partial charge in [-0.2, -0.15) is 0 Å². The van der Waals surface area contributed by atoms with Crippen molar-refractivity contribution in [3.63, 3.8) is 0 Å². The Balaban J connectivity index is 1.43. The molecule has 24 heavy (non-hydrogen) atoms. The molecular formula is C19H21FN2O2. The van der Waals surface area contributed by atoms with E-state index >= 15 is 0 Å². The van der Waals surface area contributed by atoms with Crippen molar-refractivity contribution in [1.29, 1.82) is 0 Å². The van der Waals surface area contributed by atoms with E-state index in [0.717, 1.165) is 18.7 Å². The second kappa shape index (κ2) is 7.93. The molecule has 0 N–H and O–H groups in total. The smallest absolute Gasteiger partial charge is 0.260 e. The van der Waals surface area contributed by atoms with Crippen LogP contribution in [0.25, 0.3) is 0 Å². The first kappa shape index (κ1) is 16.5. The third kappa shape index (κ3) is 4.55. The fourth-order valence-corrected chi connectivity index (χ4v) is 2.80. The maximum absolute atomic E-state index is 13.2. The van der Waals surface area contributed by atoms with Crippen molar-refractivity contribution in [2.45, 2.75) is 6.54 Å². The summed E-state index contributed by atoms with van der Waals surface area (Å²) in [7, 11) is 0. The lowest BCUT2D eigenvalue weighted by molar-refractivity contribution is -0.135. The number of carbonyl (C=O) groups is 1. The van der Waals surface area contributed by atoms with E-state index in [0.29, 0.717) is 25.4 Å². The third-order valence-electron chi connectivity index (χ3n) is 4.13. The summed E-state index contributed by atoms with van der Waals surface area (Å²) in [4.78, 5) is 16.3. The van der Waals surface area contributed by atoms with Gasteiger partial charge in [0.1, 0.15) is 11.6 Å². The van der Waals surface area contributed by atoms with E-state index in [4.69, 9.17) is 4.74 Å². The van der Waals surface area contributed by atoms with Crippen LogP contribution in [-0.4, -0.2) is 48.5 Å². The summed E-state index contributed by atoms with van der Waals surface area (Å²) in [5.74, 6) is 0.499.